The lowest BCUT2D eigenvalue weighted by Crippen LogP contribution is -2.01. The van der Waals surface area contributed by atoms with Crippen molar-refractivity contribution in [3.05, 3.63) is 64.7 Å². The summed E-state index contributed by atoms with van der Waals surface area (Å²) in [6.07, 6.45) is 3.87. The summed E-state index contributed by atoms with van der Waals surface area (Å²) < 4.78 is 5.45. The molecule has 0 radical (unpaired) electrons. The number of allylic oxidation sites excluding steroid dienone is 2. The van der Waals surface area contributed by atoms with E-state index in [1.807, 2.05) is 24.3 Å². The number of carbonyl (C=O) groups is 1. The molecule has 1 aliphatic rings. The second kappa shape index (κ2) is 6.79. The zero-order chi connectivity index (χ0) is 17.1. The van der Waals surface area contributed by atoms with Gasteiger partial charge in [0.1, 0.15) is 5.75 Å². The average molecular weight is 323 g/mol. The predicted octanol–water partition coefficient (Wildman–Crippen LogP) is 4.16. The van der Waals surface area contributed by atoms with Gasteiger partial charge in [-0.3, -0.25) is 0 Å². The maximum Gasteiger partial charge on any atom is 0.335 e. The lowest BCUT2D eigenvalue weighted by molar-refractivity contribution is 0.0697. The minimum Gasteiger partial charge on any atom is -0.496 e. The molecule has 24 heavy (non-hydrogen) atoms. The molecule has 2 aromatic rings. The predicted molar refractivity (Wildman–Crippen MR) is 95.3 cm³/mol. The maximum absolute atomic E-state index is 11.3. The Hall–Kier alpha value is -2.75. The smallest absolute Gasteiger partial charge is 0.335 e. The number of nitrogens with two attached hydrogens (primary N) is 1. The molecule has 0 amide bonds. The van der Waals surface area contributed by atoms with Gasteiger partial charge in [-0.05, 0) is 66.6 Å². The van der Waals surface area contributed by atoms with Gasteiger partial charge in [0, 0.05) is 5.69 Å². The average Bonchev–Trinajstić information content (AvgIpc) is 3.03. The summed E-state index contributed by atoms with van der Waals surface area (Å²) >= 11 is 0. The lowest BCUT2D eigenvalue weighted by atomic mass is 9.95. The fourth-order valence-electron chi connectivity index (χ4n) is 3.38. The van der Waals surface area contributed by atoms with Crippen LogP contribution in [0.3, 0.4) is 0 Å². The highest BCUT2D eigenvalue weighted by Crippen LogP contribution is 2.37. The second-order valence-corrected chi connectivity index (χ2v) is 6.07. The number of carboxylic acid groups (broad SMARTS) is 1. The molecule has 3 N–H and O–H groups in total. The van der Waals surface area contributed by atoms with E-state index in [0.717, 1.165) is 42.6 Å². The summed E-state index contributed by atoms with van der Waals surface area (Å²) in [4.78, 5) is 11.3. The minimum absolute atomic E-state index is 0.237. The number of para-hydroxylation sites is 1. The monoisotopic (exact) mass is 323 g/mol. The Balaban J connectivity index is 1.99. The van der Waals surface area contributed by atoms with Gasteiger partial charge in [-0.15, -0.1) is 0 Å². The summed E-state index contributed by atoms with van der Waals surface area (Å²) in [7, 11) is 1.68. The van der Waals surface area contributed by atoms with Gasteiger partial charge in [-0.25, -0.2) is 4.79 Å². The van der Waals surface area contributed by atoms with Gasteiger partial charge in [-0.2, -0.15) is 0 Å². The van der Waals surface area contributed by atoms with Gasteiger partial charge in [0.05, 0.1) is 12.7 Å². The van der Waals surface area contributed by atoms with E-state index in [-0.39, 0.29) is 5.56 Å². The molecular formula is C20H21NO3. The molecule has 0 aromatic heterocycles. The Kier molecular flexibility index (Phi) is 4.56. The van der Waals surface area contributed by atoms with Crippen LogP contribution in [0.2, 0.25) is 0 Å². The fourth-order valence-corrected chi connectivity index (χ4v) is 3.38. The quantitative estimate of drug-likeness (QED) is 0.811. The Morgan fingerprint density at radius 1 is 1.21 bits per heavy atom. The van der Waals surface area contributed by atoms with Crippen LogP contribution in [0.5, 0.6) is 5.75 Å². The molecular weight excluding hydrogens is 302 g/mol. The summed E-state index contributed by atoms with van der Waals surface area (Å²) in [5, 5.41) is 9.26. The van der Waals surface area contributed by atoms with Gasteiger partial charge in [0.2, 0.25) is 0 Å². The third kappa shape index (κ3) is 3.27. The molecule has 0 heterocycles. The van der Waals surface area contributed by atoms with Crippen molar-refractivity contribution in [3.8, 4) is 5.75 Å². The number of methoxy groups -OCH3 is 1. The maximum atomic E-state index is 11.3. The first kappa shape index (κ1) is 16.1. The number of nitrogen functional groups attached to an aromatic ring is 1. The standard InChI is InChI=1S/C20H21NO3/c1-24-19-8-3-2-5-14(19)9-13-6-4-7-18(13)15-10-16(20(22)23)12-17(21)11-15/h2-3,5,8,10-12H,4,6-7,9,21H2,1H3,(H,22,23). The third-order valence-corrected chi connectivity index (χ3v) is 4.48. The van der Waals surface area contributed by atoms with E-state index in [9.17, 15) is 9.90 Å². The lowest BCUT2D eigenvalue weighted by Gasteiger charge is -2.12. The van der Waals surface area contributed by atoms with E-state index in [1.54, 1.807) is 13.2 Å². The number of carboxylic acids is 1. The van der Waals surface area contributed by atoms with E-state index >= 15 is 0 Å². The van der Waals surface area contributed by atoms with E-state index < -0.39 is 5.97 Å². The molecule has 1 aliphatic carbocycles. The van der Waals surface area contributed by atoms with Crippen LogP contribution in [0.15, 0.2) is 48.0 Å². The molecule has 3 rings (SSSR count). The third-order valence-electron chi connectivity index (χ3n) is 4.48. The molecule has 4 nitrogen and oxygen atoms in total. The second-order valence-electron chi connectivity index (χ2n) is 6.07. The Morgan fingerprint density at radius 3 is 2.75 bits per heavy atom. The molecule has 0 aliphatic heterocycles. The Bertz CT molecular complexity index is 808. The molecule has 0 unspecified atom stereocenters. The van der Waals surface area contributed by atoms with Gasteiger partial charge in [0.25, 0.3) is 0 Å². The number of aromatic carboxylic acids is 1. The number of hydrogen-bond acceptors (Lipinski definition) is 3. The van der Waals surface area contributed by atoms with Crippen LogP contribution in [0.25, 0.3) is 5.57 Å². The number of hydrogen-bond donors (Lipinski definition) is 2. The Morgan fingerprint density at radius 2 is 2.00 bits per heavy atom. The molecule has 0 saturated heterocycles. The number of rotatable bonds is 5. The van der Waals surface area contributed by atoms with Crippen LogP contribution in [0, 0.1) is 0 Å². The van der Waals surface area contributed by atoms with Gasteiger partial charge < -0.3 is 15.6 Å². The zero-order valence-electron chi connectivity index (χ0n) is 13.7. The van der Waals surface area contributed by atoms with E-state index in [0.29, 0.717) is 5.69 Å². The van der Waals surface area contributed by atoms with E-state index in [4.69, 9.17) is 10.5 Å². The normalized spacial score (nSPS) is 14.0. The molecule has 0 atom stereocenters. The highest BCUT2D eigenvalue weighted by atomic mass is 16.5. The molecule has 0 bridgehead atoms. The van der Waals surface area contributed by atoms with Crippen molar-refractivity contribution >= 4 is 17.2 Å². The summed E-state index contributed by atoms with van der Waals surface area (Å²) in [5.74, 6) is -0.0662. The largest absolute Gasteiger partial charge is 0.496 e. The SMILES string of the molecule is COc1ccccc1CC1=C(c2cc(N)cc(C(=O)O)c2)CCC1. The summed E-state index contributed by atoms with van der Waals surface area (Å²) in [6.45, 7) is 0. The molecule has 2 aromatic carbocycles. The van der Waals surface area contributed by atoms with Crippen LogP contribution in [0.4, 0.5) is 5.69 Å². The topological polar surface area (TPSA) is 72.5 Å². The first-order chi connectivity index (χ1) is 11.6. The van der Waals surface area contributed by atoms with Crippen molar-refractivity contribution in [2.45, 2.75) is 25.7 Å². The highest BCUT2D eigenvalue weighted by molar-refractivity contribution is 5.90. The van der Waals surface area contributed by atoms with E-state index in [2.05, 4.69) is 6.07 Å². The fraction of sp³-hybridized carbons (Fsp3) is 0.250. The number of benzene rings is 2. The van der Waals surface area contributed by atoms with Crippen LogP contribution in [0.1, 0.15) is 40.7 Å². The summed E-state index contributed by atoms with van der Waals surface area (Å²) in [6, 6.07) is 13.1. The van der Waals surface area contributed by atoms with Gasteiger partial charge >= 0.3 is 5.97 Å². The number of anilines is 1. The first-order valence-corrected chi connectivity index (χ1v) is 8.05. The van der Waals surface area contributed by atoms with E-state index in [1.165, 1.54) is 17.2 Å². The Labute approximate surface area is 141 Å². The van der Waals surface area contributed by atoms with Gasteiger partial charge in [0.15, 0.2) is 0 Å². The first-order valence-electron chi connectivity index (χ1n) is 8.05. The van der Waals surface area contributed by atoms with Crippen LogP contribution in [-0.4, -0.2) is 18.2 Å². The molecule has 0 fully saturated rings. The van der Waals surface area contributed by atoms with Crippen molar-refractivity contribution in [2.24, 2.45) is 0 Å². The molecule has 0 spiro atoms. The van der Waals surface area contributed by atoms with Crippen molar-refractivity contribution in [1.82, 2.24) is 0 Å². The molecule has 124 valence electrons. The van der Waals surface area contributed by atoms with Crippen molar-refractivity contribution in [1.29, 1.82) is 0 Å². The van der Waals surface area contributed by atoms with Crippen LogP contribution < -0.4 is 10.5 Å². The number of ether oxygens (including phenoxy) is 1. The zero-order valence-corrected chi connectivity index (χ0v) is 13.7. The van der Waals surface area contributed by atoms with Gasteiger partial charge in [-0.1, -0.05) is 23.8 Å². The van der Waals surface area contributed by atoms with Crippen LogP contribution >= 0.6 is 0 Å². The van der Waals surface area contributed by atoms with Crippen molar-refractivity contribution < 1.29 is 14.6 Å². The highest BCUT2D eigenvalue weighted by Gasteiger charge is 2.19. The van der Waals surface area contributed by atoms with Crippen molar-refractivity contribution in [3.63, 3.8) is 0 Å². The molecule has 0 saturated carbocycles. The summed E-state index contributed by atoms with van der Waals surface area (Å²) in [5.41, 5.74) is 11.3. The van der Waals surface area contributed by atoms with Crippen molar-refractivity contribution in [2.75, 3.05) is 12.8 Å². The minimum atomic E-state index is -0.951. The molecule has 4 heteroatoms. The van der Waals surface area contributed by atoms with Crippen LogP contribution in [-0.2, 0) is 6.42 Å².